The van der Waals surface area contributed by atoms with Crippen LogP contribution >= 0.6 is 11.6 Å². The van der Waals surface area contributed by atoms with Crippen molar-refractivity contribution in [2.45, 2.75) is 26.3 Å². The number of halogens is 1. The summed E-state index contributed by atoms with van der Waals surface area (Å²) in [5.41, 5.74) is 8.62. The molecule has 2 heterocycles. The zero-order chi connectivity index (χ0) is 23.1. The minimum atomic E-state index is -0.766. The monoisotopic (exact) mass is 453 g/mol. The molecule has 166 valence electrons. The predicted octanol–water partition coefficient (Wildman–Crippen LogP) is 1.88. The van der Waals surface area contributed by atoms with Gasteiger partial charge in [-0.15, -0.1) is 5.53 Å². The van der Waals surface area contributed by atoms with Crippen molar-refractivity contribution in [2.24, 2.45) is 0 Å². The van der Waals surface area contributed by atoms with Crippen molar-refractivity contribution < 1.29 is 9.59 Å². The third kappa shape index (κ3) is 5.97. The maximum atomic E-state index is 12.5. The van der Waals surface area contributed by atoms with Crippen LogP contribution in [0.4, 0.5) is 0 Å². The molecular formula is C22H24ClN7O2. The van der Waals surface area contributed by atoms with E-state index in [1.807, 2.05) is 24.3 Å². The highest BCUT2D eigenvalue weighted by Crippen LogP contribution is 2.15. The van der Waals surface area contributed by atoms with Gasteiger partial charge >= 0.3 is 0 Å². The van der Waals surface area contributed by atoms with Crippen LogP contribution in [-0.4, -0.2) is 34.9 Å². The largest absolute Gasteiger partial charge is 0.349 e. The van der Waals surface area contributed by atoms with Crippen molar-refractivity contribution in [3.8, 4) is 6.07 Å². The van der Waals surface area contributed by atoms with Crippen molar-refractivity contribution in [1.29, 1.82) is 5.26 Å². The van der Waals surface area contributed by atoms with Crippen molar-refractivity contribution >= 4 is 23.4 Å². The second-order valence-corrected chi connectivity index (χ2v) is 7.61. The average Bonchev–Trinajstić information content (AvgIpc) is 3.26. The Kier molecular flexibility index (Phi) is 7.65. The number of hydrogen-bond donors (Lipinski definition) is 4. The van der Waals surface area contributed by atoms with Crippen LogP contribution in [0, 0.1) is 18.3 Å². The molecule has 10 heteroatoms. The highest BCUT2D eigenvalue weighted by Gasteiger charge is 2.21. The van der Waals surface area contributed by atoms with E-state index >= 15 is 0 Å². The number of aryl methyl sites for hydroxylation is 2. The van der Waals surface area contributed by atoms with Crippen LogP contribution < -0.4 is 21.6 Å². The van der Waals surface area contributed by atoms with Crippen LogP contribution in [0.5, 0.6) is 0 Å². The Balaban J connectivity index is 1.51. The molecule has 3 rings (SSSR count). The molecule has 1 aliphatic heterocycles. The number of nitrogens with one attached hydrogen (secondary N) is 4. The van der Waals surface area contributed by atoms with Gasteiger partial charge in [0.05, 0.1) is 12.6 Å². The second kappa shape index (κ2) is 10.6. The number of pyridine rings is 1. The topological polar surface area (TPSA) is 122 Å². The summed E-state index contributed by atoms with van der Waals surface area (Å²) in [6, 6.07) is 12.1. The molecule has 9 nitrogen and oxygen atoms in total. The summed E-state index contributed by atoms with van der Waals surface area (Å²) < 4.78 is 0. The number of rotatable bonds is 8. The molecule has 2 amide bonds. The fourth-order valence-electron chi connectivity index (χ4n) is 3.06. The van der Waals surface area contributed by atoms with Gasteiger partial charge in [0, 0.05) is 23.5 Å². The Morgan fingerprint density at radius 2 is 2.00 bits per heavy atom. The van der Waals surface area contributed by atoms with Crippen LogP contribution in [0.25, 0.3) is 0 Å². The zero-order valence-electron chi connectivity index (χ0n) is 17.8. The first-order valence-corrected chi connectivity index (χ1v) is 10.5. The van der Waals surface area contributed by atoms with E-state index in [2.05, 4.69) is 39.6 Å². The number of carbonyl (C=O) groups excluding carboxylic acids is 2. The highest BCUT2D eigenvalue weighted by atomic mass is 35.5. The van der Waals surface area contributed by atoms with Crippen LogP contribution in [0.3, 0.4) is 0 Å². The van der Waals surface area contributed by atoms with E-state index < -0.39 is 11.9 Å². The van der Waals surface area contributed by atoms with E-state index in [-0.39, 0.29) is 17.3 Å². The predicted molar refractivity (Wildman–Crippen MR) is 120 cm³/mol. The molecule has 0 saturated heterocycles. The summed E-state index contributed by atoms with van der Waals surface area (Å²) in [7, 11) is 0. The molecular weight excluding hydrogens is 430 g/mol. The molecule has 0 spiro atoms. The lowest BCUT2D eigenvalue weighted by atomic mass is 10.0. The minimum absolute atomic E-state index is 0.243. The van der Waals surface area contributed by atoms with Gasteiger partial charge in [-0.1, -0.05) is 42.8 Å². The van der Waals surface area contributed by atoms with Gasteiger partial charge in [0.15, 0.2) is 0 Å². The maximum Gasteiger partial charge on any atom is 0.271 e. The van der Waals surface area contributed by atoms with E-state index in [0.29, 0.717) is 29.4 Å². The molecule has 0 bridgehead atoms. The number of hydrazine groups is 2. The Bertz CT molecular complexity index is 1040. The molecule has 1 aromatic carbocycles. The minimum Gasteiger partial charge on any atom is -0.349 e. The smallest absolute Gasteiger partial charge is 0.271 e. The second-order valence-electron chi connectivity index (χ2n) is 7.17. The van der Waals surface area contributed by atoms with Gasteiger partial charge in [-0.2, -0.15) is 5.26 Å². The molecule has 0 fully saturated rings. The molecule has 0 aliphatic carbocycles. The Hall–Kier alpha value is -3.61. The first-order chi connectivity index (χ1) is 15.4. The number of nitriles is 1. The molecule has 1 aromatic heterocycles. The van der Waals surface area contributed by atoms with Gasteiger partial charge in [-0.05, 0) is 36.6 Å². The molecule has 1 aliphatic rings. The average molecular weight is 454 g/mol. The highest BCUT2D eigenvalue weighted by molar-refractivity contribution is 6.30. The van der Waals surface area contributed by atoms with Gasteiger partial charge in [-0.3, -0.25) is 20.0 Å². The van der Waals surface area contributed by atoms with Crippen LogP contribution in [-0.2, 0) is 11.2 Å². The van der Waals surface area contributed by atoms with Gasteiger partial charge in [-0.25, -0.2) is 4.98 Å². The number of amides is 2. The number of benzene rings is 1. The Labute approximate surface area is 191 Å². The maximum absolute atomic E-state index is 12.5. The fraction of sp³-hybridized carbons (Fsp3) is 0.273. The van der Waals surface area contributed by atoms with E-state index in [9.17, 15) is 14.9 Å². The fourth-order valence-corrected chi connectivity index (χ4v) is 3.32. The normalized spacial score (nSPS) is 13.6. The summed E-state index contributed by atoms with van der Waals surface area (Å²) in [5.74, 6) is -0.760. The number of hydrogen-bond acceptors (Lipinski definition) is 7. The van der Waals surface area contributed by atoms with Crippen LogP contribution in [0.2, 0.25) is 5.02 Å². The van der Waals surface area contributed by atoms with E-state index in [0.717, 1.165) is 12.0 Å². The van der Waals surface area contributed by atoms with Crippen molar-refractivity contribution in [1.82, 2.24) is 31.6 Å². The van der Waals surface area contributed by atoms with E-state index in [4.69, 9.17) is 11.6 Å². The lowest BCUT2D eigenvalue weighted by Crippen LogP contribution is -2.42. The third-order valence-electron chi connectivity index (χ3n) is 4.78. The first-order valence-electron chi connectivity index (χ1n) is 10.1. The summed E-state index contributed by atoms with van der Waals surface area (Å²) in [5, 5.41) is 17.0. The molecule has 1 unspecified atom stereocenters. The van der Waals surface area contributed by atoms with Crippen molar-refractivity contribution in [3.05, 3.63) is 75.8 Å². The van der Waals surface area contributed by atoms with Crippen LogP contribution in [0.15, 0.2) is 48.3 Å². The SMILES string of the molecule is CCc1ccc(C(C#N)NC(=O)C2=CN(CCNC(=O)c3cc(Cl)cc(C)n3)NN2)cc1. The molecule has 0 saturated carbocycles. The first kappa shape index (κ1) is 23.1. The summed E-state index contributed by atoms with van der Waals surface area (Å²) in [4.78, 5) is 28.9. The molecule has 32 heavy (non-hydrogen) atoms. The van der Waals surface area contributed by atoms with Crippen LogP contribution in [0.1, 0.15) is 40.3 Å². The lowest BCUT2D eigenvalue weighted by Gasteiger charge is -2.15. The van der Waals surface area contributed by atoms with Gasteiger partial charge in [0.1, 0.15) is 17.4 Å². The quantitative estimate of drug-likeness (QED) is 0.481. The number of aromatic nitrogens is 1. The van der Waals surface area contributed by atoms with Crippen molar-refractivity contribution in [3.63, 3.8) is 0 Å². The zero-order valence-corrected chi connectivity index (χ0v) is 18.5. The Morgan fingerprint density at radius 3 is 2.66 bits per heavy atom. The summed E-state index contributed by atoms with van der Waals surface area (Å²) in [6.07, 6.45) is 2.47. The molecule has 1 atom stereocenters. The van der Waals surface area contributed by atoms with Gasteiger partial charge in [0.25, 0.3) is 11.8 Å². The van der Waals surface area contributed by atoms with Crippen molar-refractivity contribution in [2.75, 3.05) is 13.1 Å². The lowest BCUT2D eigenvalue weighted by molar-refractivity contribution is -0.118. The molecule has 0 radical (unpaired) electrons. The molecule has 4 N–H and O–H groups in total. The summed E-state index contributed by atoms with van der Waals surface area (Å²) >= 11 is 5.96. The molecule has 2 aromatic rings. The van der Waals surface area contributed by atoms with E-state index in [1.54, 1.807) is 24.2 Å². The number of carbonyl (C=O) groups is 2. The van der Waals surface area contributed by atoms with Gasteiger partial charge < -0.3 is 10.6 Å². The third-order valence-corrected chi connectivity index (χ3v) is 5.00. The number of nitrogens with zero attached hydrogens (tertiary/aromatic N) is 3. The standard InChI is InChI=1S/C22H24ClN7O2/c1-3-15-4-6-16(7-5-15)19(12-24)27-22(32)20-13-30(29-28-20)9-8-25-21(31)18-11-17(23)10-14(2)26-18/h4-7,10-11,13,19,28-29H,3,8-9H2,1-2H3,(H,25,31)(H,27,32). The Morgan fingerprint density at radius 1 is 1.25 bits per heavy atom. The summed E-state index contributed by atoms with van der Waals surface area (Å²) in [6.45, 7) is 4.50. The van der Waals surface area contributed by atoms with E-state index in [1.165, 1.54) is 6.07 Å². The van der Waals surface area contributed by atoms with Gasteiger partial charge in [0.2, 0.25) is 0 Å².